The van der Waals surface area contributed by atoms with Crippen LogP contribution in [0.1, 0.15) is 15.2 Å². The molecule has 0 aliphatic carbocycles. The zero-order chi connectivity index (χ0) is 21.8. The Kier molecular flexibility index (Phi) is 5.60. The van der Waals surface area contributed by atoms with Crippen molar-refractivity contribution in [2.24, 2.45) is 0 Å². The number of rotatable bonds is 6. The molecule has 32 heavy (non-hydrogen) atoms. The molecule has 0 amide bonds. The van der Waals surface area contributed by atoms with Gasteiger partial charge < -0.3 is 0 Å². The summed E-state index contributed by atoms with van der Waals surface area (Å²) in [5.74, 6) is -0.0192. The lowest BCUT2D eigenvalue weighted by Crippen LogP contribution is -2.09. The van der Waals surface area contributed by atoms with Gasteiger partial charge in [0, 0.05) is 22.5 Å². The van der Waals surface area contributed by atoms with Crippen molar-refractivity contribution in [2.45, 2.75) is 0 Å². The van der Waals surface area contributed by atoms with Crippen LogP contribution in [0.25, 0.3) is 11.3 Å². The quantitative estimate of drug-likeness (QED) is 0.260. The van der Waals surface area contributed by atoms with Gasteiger partial charge >= 0.3 is 0 Å². The van der Waals surface area contributed by atoms with Crippen molar-refractivity contribution in [1.29, 1.82) is 0 Å². The topological polar surface area (TPSA) is 33.2 Å². The molecule has 0 unspecified atom stereocenters. The molecule has 4 aromatic carbocycles. The molecular formula is C28H20N2OS. The third kappa shape index (κ3) is 3.96. The first-order valence-corrected chi connectivity index (χ1v) is 11.2. The van der Waals surface area contributed by atoms with Gasteiger partial charge in [-0.2, -0.15) is 0 Å². The highest BCUT2D eigenvalue weighted by molar-refractivity contribution is 7.18. The Morgan fingerprint density at radius 2 is 1.09 bits per heavy atom. The fourth-order valence-electron chi connectivity index (χ4n) is 3.59. The number of ketones is 1. The summed E-state index contributed by atoms with van der Waals surface area (Å²) in [4.78, 5) is 21.2. The van der Waals surface area contributed by atoms with Crippen LogP contribution in [0.2, 0.25) is 0 Å². The molecule has 0 N–H and O–H groups in total. The van der Waals surface area contributed by atoms with Crippen LogP contribution in [0.4, 0.5) is 16.5 Å². The van der Waals surface area contributed by atoms with Crippen molar-refractivity contribution in [2.75, 3.05) is 4.90 Å². The van der Waals surface area contributed by atoms with Crippen LogP contribution in [0.5, 0.6) is 0 Å². The van der Waals surface area contributed by atoms with Gasteiger partial charge in [-0.3, -0.25) is 9.69 Å². The van der Waals surface area contributed by atoms with Crippen LogP contribution < -0.4 is 4.90 Å². The maximum atomic E-state index is 13.5. The van der Waals surface area contributed by atoms with Crippen molar-refractivity contribution in [3.63, 3.8) is 0 Å². The molecular weight excluding hydrogens is 412 g/mol. The Labute approximate surface area is 191 Å². The van der Waals surface area contributed by atoms with Crippen molar-refractivity contribution in [3.05, 3.63) is 132 Å². The third-order valence-corrected chi connectivity index (χ3v) is 6.16. The fourth-order valence-corrected chi connectivity index (χ4v) is 4.69. The molecule has 3 nitrogen and oxygen atoms in total. The van der Waals surface area contributed by atoms with E-state index in [-0.39, 0.29) is 5.78 Å². The zero-order valence-electron chi connectivity index (χ0n) is 17.3. The van der Waals surface area contributed by atoms with Crippen LogP contribution in [0.15, 0.2) is 121 Å². The van der Waals surface area contributed by atoms with Gasteiger partial charge in [-0.1, -0.05) is 108 Å². The van der Waals surface area contributed by atoms with Crippen LogP contribution in [-0.4, -0.2) is 10.8 Å². The van der Waals surface area contributed by atoms with Crippen molar-refractivity contribution in [3.8, 4) is 11.3 Å². The summed E-state index contributed by atoms with van der Waals surface area (Å²) >= 11 is 1.42. The molecule has 0 aliphatic rings. The van der Waals surface area contributed by atoms with E-state index in [1.165, 1.54) is 11.3 Å². The summed E-state index contributed by atoms with van der Waals surface area (Å²) in [7, 11) is 0. The Hall–Kier alpha value is -4.02. The van der Waals surface area contributed by atoms with E-state index < -0.39 is 0 Å². The maximum absolute atomic E-state index is 13.5. The Balaban J connectivity index is 1.70. The highest BCUT2D eigenvalue weighted by Crippen LogP contribution is 2.41. The molecule has 0 radical (unpaired) electrons. The Bertz CT molecular complexity index is 1280. The van der Waals surface area contributed by atoms with Crippen LogP contribution in [0, 0.1) is 0 Å². The minimum absolute atomic E-state index is 0.0192. The first-order valence-electron chi connectivity index (χ1n) is 10.4. The summed E-state index contributed by atoms with van der Waals surface area (Å²) in [6.07, 6.45) is 0. The number of para-hydroxylation sites is 2. The summed E-state index contributed by atoms with van der Waals surface area (Å²) < 4.78 is 0. The van der Waals surface area contributed by atoms with Gasteiger partial charge in [-0.15, -0.1) is 0 Å². The summed E-state index contributed by atoms with van der Waals surface area (Å²) in [5.41, 5.74) is 4.27. The Morgan fingerprint density at radius 1 is 0.625 bits per heavy atom. The molecule has 0 atom stereocenters. The van der Waals surface area contributed by atoms with Gasteiger partial charge in [-0.25, -0.2) is 4.98 Å². The van der Waals surface area contributed by atoms with Crippen LogP contribution in [-0.2, 0) is 0 Å². The summed E-state index contributed by atoms with van der Waals surface area (Å²) in [6, 6.07) is 39.5. The van der Waals surface area contributed by atoms with Crippen LogP contribution >= 0.6 is 11.3 Å². The number of nitrogens with zero attached hydrogens (tertiary/aromatic N) is 2. The van der Waals surface area contributed by atoms with Crippen molar-refractivity contribution >= 4 is 33.6 Å². The van der Waals surface area contributed by atoms with E-state index in [0.717, 1.165) is 22.1 Å². The van der Waals surface area contributed by atoms with E-state index in [1.54, 1.807) is 0 Å². The lowest BCUT2D eigenvalue weighted by molar-refractivity contribution is 0.104. The highest BCUT2D eigenvalue weighted by atomic mass is 32.1. The normalized spacial score (nSPS) is 10.6. The molecule has 0 aliphatic heterocycles. The average molecular weight is 433 g/mol. The molecule has 5 aromatic rings. The molecule has 0 saturated heterocycles. The number of hydrogen-bond donors (Lipinski definition) is 0. The smallest absolute Gasteiger partial charge is 0.205 e. The van der Waals surface area contributed by atoms with E-state index in [2.05, 4.69) is 29.2 Å². The second-order valence-electron chi connectivity index (χ2n) is 7.24. The minimum atomic E-state index is -0.0192. The number of hydrogen-bond acceptors (Lipinski definition) is 4. The van der Waals surface area contributed by atoms with Gasteiger partial charge in [0.2, 0.25) is 5.78 Å². The standard InChI is InChI=1S/C28H20N2OS/c31-26(22-15-7-2-8-16-22)27-25(21-13-5-1-6-14-21)29-28(32-27)30(23-17-9-3-10-18-23)24-19-11-4-12-20-24/h1-20H. The number of carbonyl (C=O) groups excluding carboxylic acids is 1. The average Bonchev–Trinajstić information content (AvgIpc) is 3.31. The van der Waals surface area contributed by atoms with E-state index in [1.807, 2.05) is 97.1 Å². The second kappa shape index (κ2) is 9.00. The number of aromatic nitrogens is 1. The summed E-state index contributed by atoms with van der Waals surface area (Å²) in [6.45, 7) is 0. The van der Waals surface area contributed by atoms with E-state index in [9.17, 15) is 4.79 Å². The van der Waals surface area contributed by atoms with Gasteiger partial charge in [0.1, 0.15) is 4.88 Å². The predicted octanol–water partition coefficient (Wildman–Crippen LogP) is 7.51. The van der Waals surface area contributed by atoms with Gasteiger partial charge in [0.15, 0.2) is 5.13 Å². The van der Waals surface area contributed by atoms with E-state index in [4.69, 9.17) is 4.98 Å². The molecule has 5 rings (SSSR count). The van der Waals surface area contributed by atoms with Gasteiger partial charge in [0.25, 0.3) is 0 Å². The SMILES string of the molecule is O=C(c1ccccc1)c1sc(N(c2ccccc2)c2ccccc2)nc1-c1ccccc1. The maximum Gasteiger partial charge on any atom is 0.205 e. The lowest BCUT2D eigenvalue weighted by atomic mass is 10.1. The predicted molar refractivity (Wildman–Crippen MR) is 132 cm³/mol. The minimum Gasteiger partial charge on any atom is -0.288 e. The molecule has 0 fully saturated rings. The molecule has 1 heterocycles. The third-order valence-electron chi connectivity index (χ3n) is 5.13. The van der Waals surface area contributed by atoms with E-state index >= 15 is 0 Å². The molecule has 0 bridgehead atoms. The number of benzene rings is 4. The number of thiazole rings is 1. The highest BCUT2D eigenvalue weighted by Gasteiger charge is 2.24. The van der Waals surface area contributed by atoms with Crippen molar-refractivity contribution < 1.29 is 4.79 Å². The summed E-state index contributed by atoms with van der Waals surface area (Å²) in [5, 5.41) is 0.750. The lowest BCUT2D eigenvalue weighted by Gasteiger charge is -2.22. The monoisotopic (exact) mass is 432 g/mol. The Morgan fingerprint density at radius 3 is 1.62 bits per heavy atom. The fraction of sp³-hybridized carbons (Fsp3) is 0. The first-order chi connectivity index (χ1) is 15.8. The van der Waals surface area contributed by atoms with Gasteiger partial charge in [0.05, 0.1) is 5.69 Å². The van der Waals surface area contributed by atoms with E-state index in [0.29, 0.717) is 16.1 Å². The van der Waals surface area contributed by atoms with Crippen molar-refractivity contribution in [1.82, 2.24) is 4.98 Å². The molecule has 154 valence electrons. The molecule has 4 heteroatoms. The zero-order valence-corrected chi connectivity index (χ0v) is 18.1. The number of anilines is 3. The first kappa shape index (κ1) is 19.9. The number of carbonyl (C=O) groups is 1. The molecule has 1 aromatic heterocycles. The molecule has 0 spiro atoms. The molecule has 0 saturated carbocycles. The van der Waals surface area contributed by atoms with Crippen LogP contribution in [0.3, 0.4) is 0 Å². The second-order valence-corrected chi connectivity index (χ2v) is 8.22. The largest absolute Gasteiger partial charge is 0.288 e. The van der Waals surface area contributed by atoms with Gasteiger partial charge in [-0.05, 0) is 24.3 Å².